The normalized spacial score (nSPS) is 11.8. The highest BCUT2D eigenvalue weighted by Crippen LogP contribution is 2.26. The molecule has 3 heterocycles. The van der Waals surface area contributed by atoms with Gasteiger partial charge in [0.2, 0.25) is 5.43 Å². The van der Waals surface area contributed by atoms with Crippen molar-refractivity contribution in [1.82, 2.24) is 25.0 Å². The first-order valence-electron chi connectivity index (χ1n) is 8.54. The number of aromatic amines is 1. The van der Waals surface area contributed by atoms with E-state index in [1.165, 1.54) is 11.3 Å². The molecular formula is C17H25N7OS. The summed E-state index contributed by atoms with van der Waals surface area (Å²) in [5.74, 6) is 1.13. The van der Waals surface area contributed by atoms with E-state index in [1.807, 2.05) is 39.6 Å². The lowest BCUT2D eigenvalue weighted by atomic mass is 10.2. The summed E-state index contributed by atoms with van der Waals surface area (Å²) < 4.78 is 0.709. The summed E-state index contributed by atoms with van der Waals surface area (Å²) in [4.78, 5) is 20.5. The maximum Gasteiger partial charge on any atom is 0.211 e. The van der Waals surface area contributed by atoms with Crippen LogP contribution in [0.5, 0.6) is 0 Å². The van der Waals surface area contributed by atoms with Crippen LogP contribution in [0.3, 0.4) is 0 Å². The third-order valence-corrected chi connectivity index (χ3v) is 4.95. The topological polar surface area (TPSA) is 89.2 Å². The molecule has 3 rings (SSSR count). The van der Waals surface area contributed by atoms with Crippen LogP contribution in [-0.4, -0.2) is 79.4 Å². The minimum absolute atomic E-state index is 0.0123. The number of H-pyrrole nitrogens is 1. The molecule has 0 atom stereocenters. The summed E-state index contributed by atoms with van der Waals surface area (Å²) >= 11 is 1.44. The van der Waals surface area contributed by atoms with Crippen molar-refractivity contribution >= 4 is 44.1 Å². The highest BCUT2D eigenvalue weighted by atomic mass is 32.1. The van der Waals surface area contributed by atoms with E-state index in [-0.39, 0.29) is 5.43 Å². The SMILES string of the molecule is CN(C)CCNc1nnc(NCCN(C)C)c2c(=O)c3sccc3[nH]c12. The van der Waals surface area contributed by atoms with Gasteiger partial charge in [-0.05, 0) is 39.6 Å². The van der Waals surface area contributed by atoms with E-state index in [0.717, 1.165) is 18.6 Å². The molecular weight excluding hydrogens is 350 g/mol. The molecule has 0 fully saturated rings. The number of anilines is 2. The van der Waals surface area contributed by atoms with Gasteiger partial charge in [-0.15, -0.1) is 21.5 Å². The molecule has 0 saturated heterocycles. The molecule has 3 N–H and O–H groups in total. The molecule has 0 aliphatic heterocycles. The first-order chi connectivity index (χ1) is 12.5. The first-order valence-corrected chi connectivity index (χ1v) is 9.42. The maximum atomic E-state index is 13.0. The quantitative estimate of drug-likeness (QED) is 0.549. The van der Waals surface area contributed by atoms with E-state index in [2.05, 4.69) is 35.6 Å². The van der Waals surface area contributed by atoms with Gasteiger partial charge in [-0.1, -0.05) is 0 Å². The van der Waals surface area contributed by atoms with Gasteiger partial charge in [-0.25, -0.2) is 0 Å². The van der Waals surface area contributed by atoms with Crippen molar-refractivity contribution in [1.29, 1.82) is 0 Å². The van der Waals surface area contributed by atoms with Crippen LogP contribution < -0.4 is 16.1 Å². The third kappa shape index (κ3) is 3.95. The Balaban J connectivity index is 2.04. The Morgan fingerprint density at radius 2 is 1.65 bits per heavy atom. The minimum Gasteiger partial charge on any atom is -0.367 e. The van der Waals surface area contributed by atoms with Gasteiger partial charge in [0.25, 0.3) is 0 Å². The molecule has 0 bridgehead atoms. The molecule has 0 aromatic carbocycles. The van der Waals surface area contributed by atoms with Gasteiger partial charge in [-0.2, -0.15) is 0 Å². The maximum absolute atomic E-state index is 13.0. The molecule has 3 aromatic heterocycles. The summed E-state index contributed by atoms with van der Waals surface area (Å²) in [6, 6.07) is 1.92. The van der Waals surface area contributed by atoms with Crippen LogP contribution in [0.2, 0.25) is 0 Å². The number of likely N-dealkylation sites (N-methyl/N-ethyl adjacent to an activating group) is 2. The van der Waals surface area contributed by atoms with E-state index in [9.17, 15) is 4.79 Å². The second-order valence-electron chi connectivity index (χ2n) is 6.72. The highest BCUT2D eigenvalue weighted by molar-refractivity contribution is 7.17. The summed E-state index contributed by atoms with van der Waals surface area (Å²) in [5.41, 5.74) is 1.51. The van der Waals surface area contributed by atoms with Crippen LogP contribution in [0.25, 0.3) is 21.1 Å². The van der Waals surface area contributed by atoms with Gasteiger partial charge < -0.3 is 25.4 Å². The molecule has 140 valence electrons. The summed E-state index contributed by atoms with van der Waals surface area (Å²) in [7, 11) is 8.04. The fraction of sp³-hybridized carbons (Fsp3) is 0.471. The number of fused-ring (bicyclic) bond motifs is 2. The predicted octanol–water partition coefficient (Wildman–Crippen LogP) is 1.48. The summed E-state index contributed by atoms with van der Waals surface area (Å²) in [5, 5.41) is 17.6. The number of nitrogens with zero attached hydrogens (tertiary/aromatic N) is 4. The Morgan fingerprint density at radius 3 is 2.31 bits per heavy atom. The zero-order valence-electron chi connectivity index (χ0n) is 15.6. The van der Waals surface area contributed by atoms with Crippen molar-refractivity contribution in [2.24, 2.45) is 0 Å². The molecule has 9 heteroatoms. The Bertz CT molecular complexity index is 947. The Hall–Kier alpha value is -2.23. The van der Waals surface area contributed by atoms with Crippen molar-refractivity contribution in [2.45, 2.75) is 0 Å². The van der Waals surface area contributed by atoms with Gasteiger partial charge in [0, 0.05) is 26.2 Å². The minimum atomic E-state index is -0.0123. The number of rotatable bonds is 8. The lowest BCUT2D eigenvalue weighted by molar-refractivity contribution is 0.425. The van der Waals surface area contributed by atoms with Gasteiger partial charge in [0.15, 0.2) is 11.6 Å². The van der Waals surface area contributed by atoms with E-state index >= 15 is 0 Å². The van der Waals surface area contributed by atoms with Gasteiger partial charge in [-0.3, -0.25) is 4.79 Å². The molecule has 0 amide bonds. The molecule has 0 unspecified atom stereocenters. The third-order valence-electron chi connectivity index (χ3n) is 4.03. The molecule has 0 spiro atoms. The number of nitrogens with one attached hydrogen (secondary N) is 3. The van der Waals surface area contributed by atoms with Gasteiger partial charge in [0.1, 0.15) is 0 Å². The Kier molecular flexibility index (Phi) is 5.70. The number of aromatic nitrogens is 3. The van der Waals surface area contributed by atoms with Gasteiger partial charge >= 0.3 is 0 Å². The van der Waals surface area contributed by atoms with Gasteiger partial charge in [0.05, 0.1) is 21.1 Å². The molecule has 0 aliphatic carbocycles. The second kappa shape index (κ2) is 7.98. The van der Waals surface area contributed by atoms with Crippen molar-refractivity contribution in [3.63, 3.8) is 0 Å². The van der Waals surface area contributed by atoms with Crippen LogP contribution in [0.4, 0.5) is 11.6 Å². The number of hydrogen-bond acceptors (Lipinski definition) is 8. The number of pyridine rings is 1. The largest absolute Gasteiger partial charge is 0.367 e. The molecule has 3 aromatic rings. The fourth-order valence-corrected chi connectivity index (χ4v) is 3.45. The van der Waals surface area contributed by atoms with E-state index in [4.69, 9.17) is 0 Å². The average Bonchev–Trinajstić information content (AvgIpc) is 3.04. The zero-order valence-corrected chi connectivity index (χ0v) is 16.4. The van der Waals surface area contributed by atoms with Crippen molar-refractivity contribution < 1.29 is 0 Å². The lowest BCUT2D eigenvalue weighted by Gasteiger charge is -2.15. The van der Waals surface area contributed by atoms with E-state index < -0.39 is 0 Å². The molecule has 0 radical (unpaired) electrons. The van der Waals surface area contributed by atoms with Crippen LogP contribution in [0.1, 0.15) is 0 Å². The van der Waals surface area contributed by atoms with Crippen molar-refractivity contribution in [2.75, 3.05) is 65.0 Å². The summed E-state index contributed by atoms with van der Waals surface area (Å²) in [6.45, 7) is 3.10. The van der Waals surface area contributed by atoms with E-state index in [0.29, 0.717) is 40.3 Å². The summed E-state index contributed by atoms with van der Waals surface area (Å²) in [6.07, 6.45) is 0. The van der Waals surface area contributed by atoms with Crippen LogP contribution in [-0.2, 0) is 0 Å². The Labute approximate surface area is 156 Å². The standard InChI is InChI=1S/C17H25N7OS/c1-23(2)8-6-18-16-12-13(17(22-21-16)19-7-9-24(3)4)20-11-5-10-26-15(11)14(12)25/h5,10H,6-9H2,1-4H3,(H,18,21)(H,19,22)(H,20,25). The Morgan fingerprint density at radius 1 is 1.04 bits per heavy atom. The monoisotopic (exact) mass is 375 g/mol. The molecule has 0 saturated carbocycles. The number of thiophene rings is 1. The van der Waals surface area contributed by atoms with Crippen molar-refractivity contribution in [3.05, 3.63) is 21.7 Å². The van der Waals surface area contributed by atoms with Crippen LogP contribution in [0.15, 0.2) is 16.2 Å². The zero-order chi connectivity index (χ0) is 18.7. The predicted molar refractivity (Wildman–Crippen MR) is 110 cm³/mol. The van der Waals surface area contributed by atoms with Crippen LogP contribution >= 0.6 is 11.3 Å². The smallest absolute Gasteiger partial charge is 0.211 e. The fourth-order valence-electron chi connectivity index (χ4n) is 2.65. The highest BCUT2D eigenvalue weighted by Gasteiger charge is 2.16. The number of hydrogen-bond donors (Lipinski definition) is 3. The lowest BCUT2D eigenvalue weighted by Crippen LogP contribution is -2.23. The van der Waals surface area contributed by atoms with Crippen molar-refractivity contribution in [3.8, 4) is 0 Å². The molecule has 8 nitrogen and oxygen atoms in total. The molecule has 0 aliphatic rings. The molecule has 26 heavy (non-hydrogen) atoms. The average molecular weight is 376 g/mol. The second-order valence-corrected chi connectivity index (χ2v) is 7.64. The first kappa shape index (κ1) is 18.6. The van der Waals surface area contributed by atoms with Crippen LogP contribution in [0, 0.1) is 0 Å². The van der Waals surface area contributed by atoms with E-state index in [1.54, 1.807) is 0 Å².